The van der Waals surface area contributed by atoms with E-state index in [9.17, 15) is 0 Å². The van der Waals surface area contributed by atoms with Crippen molar-refractivity contribution < 1.29 is 0 Å². The second-order valence-electron chi connectivity index (χ2n) is 3.73. The number of halogens is 2. The van der Waals surface area contributed by atoms with Crippen molar-refractivity contribution in [3.8, 4) is 0 Å². The lowest BCUT2D eigenvalue weighted by Crippen LogP contribution is -2.26. The van der Waals surface area contributed by atoms with Crippen LogP contribution < -0.4 is 0 Å². The minimum atomic E-state index is 0.697. The molecule has 1 nitrogen and oxygen atoms in total. The van der Waals surface area contributed by atoms with Gasteiger partial charge in [0.2, 0.25) is 0 Å². The predicted octanol–water partition coefficient (Wildman–Crippen LogP) is 3.76. The van der Waals surface area contributed by atoms with Crippen LogP contribution >= 0.6 is 23.2 Å². The SMILES string of the molecule is Clc1ccc(CN2CC=CCC2)c(Cl)c1. The summed E-state index contributed by atoms with van der Waals surface area (Å²) >= 11 is 12.0. The molecule has 0 unspecified atom stereocenters. The van der Waals surface area contributed by atoms with Gasteiger partial charge in [-0.3, -0.25) is 4.90 Å². The molecule has 1 aliphatic heterocycles. The number of hydrogen-bond acceptors (Lipinski definition) is 1. The third kappa shape index (κ3) is 2.97. The molecule has 0 radical (unpaired) electrons. The largest absolute Gasteiger partial charge is 0.295 e. The van der Waals surface area contributed by atoms with Crippen LogP contribution in [0.1, 0.15) is 12.0 Å². The van der Waals surface area contributed by atoms with Gasteiger partial charge in [0.15, 0.2) is 0 Å². The fraction of sp³-hybridized carbons (Fsp3) is 0.333. The molecule has 0 amide bonds. The maximum Gasteiger partial charge on any atom is 0.0465 e. The molecule has 0 atom stereocenters. The standard InChI is InChI=1S/C12H13Cl2N/c13-11-5-4-10(12(14)8-11)9-15-6-2-1-3-7-15/h1-2,4-5,8H,3,6-7,9H2. The smallest absolute Gasteiger partial charge is 0.0465 e. The first-order valence-corrected chi connectivity index (χ1v) is 5.82. The van der Waals surface area contributed by atoms with Gasteiger partial charge < -0.3 is 0 Å². The molecular weight excluding hydrogens is 229 g/mol. The molecule has 0 saturated heterocycles. The van der Waals surface area contributed by atoms with E-state index < -0.39 is 0 Å². The van der Waals surface area contributed by atoms with E-state index in [1.165, 1.54) is 0 Å². The van der Waals surface area contributed by atoms with Gasteiger partial charge in [0.05, 0.1) is 0 Å². The van der Waals surface area contributed by atoms with E-state index in [1.807, 2.05) is 12.1 Å². The van der Waals surface area contributed by atoms with E-state index in [2.05, 4.69) is 17.1 Å². The minimum absolute atomic E-state index is 0.697. The van der Waals surface area contributed by atoms with E-state index in [-0.39, 0.29) is 0 Å². The summed E-state index contributed by atoms with van der Waals surface area (Å²) in [7, 11) is 0. The number of hydrogen-bond donors (Lipinski definition) is 0. The molecule has 80 valence electrons. The summed E-state index contributed by atoms with van der Waals surface area (Å²) < 4.78 is 0. The molecule has 0 aliphatic carbocycles. The van der Waals surface area contributed by atoms with Crippen molar-refractivity contribution >= 4 is 23.2 Å². The van der Waals surface area contributed by atoms with Gasteiger partial charge in [-0.2, -0.15) is 0 Å². The number of nitrogens with zero attached hydrogens (tertiary/aromatic N) is 1. The fourth-order valence-electron chi connectivity index (χ4n) is 1.72. The molecular formula is C12H13Cl2N. The Morgan fingerprint density at radius 2 is 2.07 bits per heavy atom. The van der Waals surface area contributed by atoms with Crippen LogP contribution in [0.25, 0.3) is 0 Å². The van der Waals surface area contributed by atoms with Crippen LogP contribution in [0.15, 0.2) is 30.4 Å². The lowest BCUT2D eigenvalue weighted by atomic mass is 10.2. The van der Waals surface area contributed by atoms with Gasteiger partial charge >= 0.3 is 0 Å². The number of rotatable bonds is 2. The maximum atomic E-state index is 6.12. The van der Waals surface area contributed by atoms with Crippen molar-refractivity contribution in [1.29, 1.82) is 0 Å². The molecule has 0 bridgehead atoms. The quantitative estimate of drug-likeness (QED) is 0.714. The molecule has 0 saturated carbocycles. The van der Waals surface area contributed by atoms with Gasteiger partial charge in [-0.15, -0.1) is 0 Å². The predicted molar refractivity (Wildman–Crippen MR) is 65.5 cm³/mol. The van der Waals surface area contributed by atoms with Crippen molar-refractivity contribution in [2.24, 2.45) is 0 Å². The summed E-state index contributed by atoms with van der Waals surface area (Å²) in [6.45, 7) is 3.02. The summed E-state index contributed by atoms with van der Waals surface area (Å²) in [5.74, 6) is 0. The van der Waals surface area contributed by atoms with E-state index in [0.717, 1.165) is 36.6 Å². The van der Waals surface area contributed by atoms with Crippen LogP contribution in [-0.2, 0) is 6.54 Å². The zero-order valence-electron chi connectivity index (χ0n) is 8.42. The lowest BCUT2D eigenvalue weighted by molar-refractivity contribution is 0.291. The molecule has 15 heavy (non-hydrogen) atoms. The van der Waals surface area contributed by atoms with Crippen LogP contribution in [0.3, 0.4) is 0 Å². The second-order valence-corrected chi connectivity index (χ2v) is 4.57. The highest BCUT2D eigenvalue weighted by atomic mass is 35.5. The van der Waals surface area contributed by atoms with Gasteiger partial charge in [0.25, 0.3) is 0 Å². The van der Waals surface area contributed by atoms with Gasteiger partial charge in [-0.1, -0.05) is 41.4 Å². The van der Waals surface area contributed by atoms with Crippen molar-refractivity contribution in [2.45, 2.75) is 13.0 Å². The molecule has 0 N–H and O–H groups in total. The van der Waals surface area contributed by atoms with E-state index in [1.54, 1.807) is 6.07 Å². The Morgan fingerprint density at radius 3 is 2.73 bits per heavy atom. The fourth-order valence-corrected chi connectivity index (χ4v) is 2.19. The van der Waals surface area contributed by atoms with Gasteiger partial charge in [0.1, 0.15) is 0 Å². The van der Waals surface area contributed by atoms with E-state index in [0.29, 0.717) is 5.02 Å². The Morgan fingerprint density at radius 1 is 1.20 bits per heavy atom. The highest BCUT2D eigenvalue weighted by Crippen LogP contribution is 2.22. The molecule has 0 aromatic heterocycles. The second kappa shape index (κ2) is 5.02. The van der Waals surface area contributed by atoms with E-state index in [4.69, 9.17) is 23.2 Å². The van der Waals surface area contributed by atoms with Gasteiger partial charge in [-0.25, -0.2) is 0 Å². The highest BCUT2D eigenvalue weighted by Gasteiger charge is 2.09. The summed E-state index contributed by atoms with van der Waals surface area (Å²) in [6, 6.07) is 5.70. The normalized spacial score (nSPS) is 16.9. The van der Waals surface area contributed by atoms with Crippen LogP contribution in [0.5, 0.6) is 0 Å². The Balaban J connectivity index is 2.06. The van der Waals surface area contributed by atoms with Crippen molar-refractivity contribution in [3.05, 3.63) is 46.0 Å². The lowest BCUT2D eigenvalue weighted by Gasteiger charge is -2.23. The topological polar surface area (TPSA) is 3.24 Å². The molecule has 0 fully saturated rings. The molecule has 3 heteroatoms. The zero-order valence-corrected chi connectivity index (χ0v) is 9.93. The van der Waals surface area contributed by atoms with Crippen LogP contribution in [0, 0.1) is 0 Å². The third-order valence-corrected chi connectivity index (χ3v) is 3.14. The first-order valence-electron chi connectivity index (χ1n) is 5.07. The van der Waals surface area contributed by atoms with Crippen LogP contribution in [0.4, 0.5) is 0 Å². The van der Waals surface area contributed by atoms with Crippen LogP contribution in [0.2, 0.25) is 10.0 Å². The Bertz CT molecular complexity index is 374. The zero-order chi connectivity index (χ0) is 10.7. The van der Waals surface area contributed by atoms with E-state index >= 15 is 0 Å². The van der Waals surface area contributed by atoms with Crippen molar-refractivity contribution in [2.75, 3.05) is 13.1 Å². The minimum Gasteiger partial charge on any atom is -0.295 e. The van der Waals surface area contributed by atoms with Gasteiger partial charge in [-0.05, 0) is 24.1 Å². The molecule has 1 aromatic carbocycles. The third-order valence-electron chi connectivity index (χ3n) is 2.55. The van der Waals surface area contributed by atoms with Gasteiger partial charge in [0, 0.05) is 29.7 Å². The average molecular weight is 242 g/mol. The Labute approximate surface area is 100 Å². The Kier molecular flexibility index (Phi) is 3.68. The summed E-state index contributed by atoms with van der Waals surface area (Å²) in [6.07, 6.45) is 5.55. The summed E-state index contributed by atoms with van der Waals surface area (Å²) in [5, 5.41) is 1.46. The summed E-state index contributed by atoms with van der Waals surface area (Å²) in [4.78, 5) is 2.37. The van der Waals surface area contributed by atoms with Crippen LogP contribution in [-0.4, -0.2) is 18.0 Å². The average Bonchev–Trinajstić information content (AvgIpc) is 2.24. The molecule has 2 rings (SSSR count). The van der Waals surface area contributed by atoms with Crippen molar-refractivity contribution in [3.63, 3.8) is 0 Å². The first-order chi connectivity index (χ1) is 7.25. The molecule has 1 heterocycles. The highest BCUT2D eigenvalue weighted by molar-refractivity contribution is 6.35. The first kappa shape index (κ1) is 11.0. The number of benzene rings is 1. The maximum absolute atomic E-state index is 6.12. The van der Waals surface area contributed by atoms with Crippen molar-refractivity contribution in [1.82, 2.24) is 4.90 Å². The monoisotopic (exact) mass is 241 g/mol. The summed E-state index contributed by atoms with van der Waals surface area (Å²) in [5.41, 5.74) is 1.15. The molecule has 1 aromatic rings. The molecule has 0 spiro atoms. The molecule has 1 aliphatic rings. The Hall–Kier alpha value is -0.500.